The van der Waals surface area contributed by atoms with Gasteiger partial charge in [-0.15, -0.1) is 11.8 Å². The first kappa shape index (κ1) is 24.4. The molecule has 0 aliphatic rings. The number of anilines is 1. The molecule has 1 unspecified atom stereocenters. The van der Waals surface area contributed by atoms with Gasteiger partial charge in [-0.25, -0.2) is 13.1 Å². The molecule has 0 bridgehead atoms. The summed E-state index contributed by atoms with van der Waals surface area (Å²) < 4.78 is 30.0. The van der Waals surface area contributed by atoms with Crippen LogP contribution in [0.5, 0.6) is 0 Å². The van der Waals surface area contributed by atoms with Crippen molar-refractivity contribution in [3.05, 3.63) is 75.4 Å². The number of hydrogen-bond acceptors (Lipinski definition) is 8. The van der Waals surface area contributed by atoms with E-state index in [0.717, 1.165) is 29.1 Å². The molecule has 2 rings (SSSR count). The Labute approximate surface area is 185 Å². The lowest BCUT2D eigenvalue weighted by molar-refractivity contribution is -0.402. The van der Waals surface area contributed by atoms with Crippen LogP contribution in [-0.4, -0.2) is 45.0 Å². The number of benzene rings is 2. The van der Waals surface area contributed by atoms with E-state index in [1.54, 1.807) is 24.5 Å². The molecule has 0 aliphatic carbocycles. The van der Waals surface area contributed by atoms with Crippen LogP contribution >= 0.6 is 11.8 Å². The standard InChI is InChI=1S/C20H23N3O6S2/c1-29-20(24)18(22-31(3,27)28)11-14-7-9-15(10-8-14)16-5-4-6-17(12-16)21-19(30-2)13-23(25)26/h4-10,12-13,18,21-22H,11H2,1-3H3/b19-13-. The summed E-state index contributed by atoms with van der Waals surface area (Å²) in [5.41, 5.74) is 3.23. The number of carbonyl (C=O) groups is 1. The summed E-state index contributed by atoms with van der Waals surface area (Å²) in [6.45, 7) is 0. The molecule has 0 amide bonds. The van der Waals surface area contributed by atoms with Crippen molar-refractivity contribution in [3.63, 3.8) is 0 Å². The topological polar surface area (TPSA) is 128 Å². The van der Waals surface area contributed by atoms with Crippen molar-refractivity contribution in [1.29, 1.82) is 0 Å². The molecule has 2 aromatic rings. The molecule has 1 atom stereocenters. The summed E-state index contributed by atoms with van der Waals surface area (Å²) in [6.07, 6.45) is 3.78. The fraction of sp³-hybridized carbons (Fsp3) is 0.250. The van der Waals surface area contributed by atoms with Gasteiger partial charge in [0.1, 0.15) is 11.1 Å². The van der Waals surface area contributed by atoms with Gasteiger partial charge in [-0.3, -0.25) is 14.9 Å². The number of nitro groups is 1. The second kappa shape index (κ2) is 10.9. The van der Waals surface area contributed by atoms with Gasteiger partial charge in [-0.05, 0) is 41.5 Å². The predicted octanol–water partition coefficient (Wildman–Crippen LogP) is 2.84. The first-order valence-corrected chi connectivity index (χ1v) is 12.1. The van der Waals surface area contributed by atoms with E-state index < -0.39 is 27.0 Å². The van der Waals surface area contributed by atoms with E-state index in [-0.39, 0.29) is 6.42 Å². The monoisotopic (exact) mass is 465 g/mol. The molecule has 0 saturated carbocycles. The molecular formula is C20H23N3O6S2. The minimum Gasteiger partial charge on any atom is -0.468 e. The van der Waals surface area contributed by atoms with Crippen LogP contribution < -0.4 is 10.0 Å². The molecular weight excluding hydrogens is 442 g/mol. The number of nitrogens with one attached hydrogen (secondary N) is 2. The SMILES string of the molecule is COC(=O)C(Cc1ccc(-c2cccc(N/C(=C/[N+](=O)[O-])SC)c2)cc1)NS(C)(=O)=O. The maximum absolute atomic E-state index is 11.9. The molecule has 2 aromatic carbocycles. The molecule has 0 saturated heterocycles. The van der Waals surface area contributed by atoms with E-state index in [2.05, 4.69) is 14.8 Å². The number of nitrogens with zero attached hydrogens (tertiary/aromatic N) is 1. The molecule has 0 radical (unpaired) electrons. The second-order valence-corrected chi connectivity index (χ2v) is 9.18. The summed E-state index contributed by atoms with van der Waals surface area (Å²) in [5, 5.41) is 14.1. The van der Waals surface area contributed by atoms with Crippen molar-refractivity contribution in [2.75, 3.05) is 24.9 Å². The van der Waals surface area contributed by atoms with Crippen LogP contribution in [0.15, 0.2) is 59.8 Å². The molecule has 11 heteroatoms. The van der Waals surface area contributed by atoms with Gasteiger partial charge in [0.2, 0.25) is 10.0 Å². The lowest BCUT2D eigenvalue weighted by Crippen LogP contribution is -2.42. The highest BCUT2D eigenvalue weighted by Gasteiger charge is 2.23. The van der Waals surface area contributed by atoms with Crippen molar-refractivity contribution in [2.24, 2.45) is 0 Å². The van der Waals surface area contributed by atoms with Gasteiger partial charge in [0, 0.05) is 5.69 Å². The highest BCUT2D eigenvalue weighted by atomic mass is 32.2. The zero-order valence-corrected chi connectivity index (χ0v) is 18.8. The van der Waals surface area contributed by atoms with Crippen molar-refractivity contribution in [3.8, 4) is 11.1 Å². The van der Waals surface area contributed by atoms with Crippen LogP contribution in [0, 0.1) is 10.1 Å². The van der Waals surface area contributed by atoms with Crippen molar-refractivity contribution in [1.82, 2.24) is 4.72 Å². The van der Waals surface area contributed by atoms with Crippen LogP contribution in [0.2, 0.25) is 0 Å². The fourth-order valence-corrected chi connectivity index (χ4v) is 3.90. The van der Waals surface area contributed by atoms with Crippen molar-refractivity contribution in [2.45, 2.75) is 12.5 Å². The quantitative estimate of drug-likeness (QED) is 0.311. The molecule has 0 spiro atoms. The number of ether oxygens (including phenoxy) is 1. The van der Waals surface area contributed by atoms with Gasteiger partial charge in [0.15, 0.2) is 0 Å². The number of hydrogen-bond donors (Lipinski definition) is 2. The summed E-state index contributed by atoms with van der Waals surface area (Å²) in [6, 6.07) is 13.7. The minimum atomic E-state index is -3.58. The smallest absolute Gasteiger partial charge is 0.324 e. The van der Waals surface area contributed by atoms with Gasteiger partial charge >= 0.3 is 5.97 Å². The minimum absolute atomic E-state index is 0.143. The lowest BCUT2D eigenvalue weighted by Gasteiger charge is -2.15. The second-order valence-electron chi connectivity index (χ2n) is 6.56. The Morgan fingerprint density at radius 1 is 1.23 bits per heavy atom. The van der Waals surface area contributed by atoms with Gasteiger partial charge in [0.05, 0.1) is 18.3 Å². The third kappa shape index (κ3) is 8.04. The number of esters is 1. The predicted molar refractivity (Wildman–Crippen MR) is 122 cm³/mol. The first-order chi connectivity index (χ1) is 14.6. The maximum atomic E-state index is 11.9. The zero-order valence-electron chi connectivity index (χ0n) is 17.2. The molecule has 0 fully saturated rings. The number of methoxy groups -OCH3 is 1. The summed E-state index contributed by atoms with van der Waals surface area (Å²) >= 11 is 1.23. The van der Waals surface area contributed by atoms with Crippen LogP contribution in [0.1, 0.15) is 5.56 Å². The van der Waals surface area contributed by atoms with E-state index in [1.807, 2.05) is 30.3 Å². The molecule has 2 N–H and O–H groups in total. The average Bonchev–Trinajstić information content (AvgIpc) is 2.71. The molecule has 31 heavy (non-hydrogen) atoms. The molecule has 0 aliphatic heterocycles. The Kier molecular flexibility index (Phi) is 8.60. The molecule has 9 nitrogen and oxygen atoms in total. The molecule has 0 heterocycles. The van der Waals surface area contributed by atoms with Gasteiger partial charge in [0.25, 0.3) is 6.20 Å². The van der Waals surface area contributed by atoms with Crippen molar-refractivity contribution < 1.29 is 22.9 Å². The van der Waals surface area contributed by atoms with Gasteiger partial charge in [-0.1, -0.05) is 36.4 Å². The van der Waals surface area contributed by atoms with Crippen LogP contribution in [0.3, 0.4) is 0 Å². The van der Waals surface area contributed by atoms with E-state index in [1.165, 1.54) is 18.9 Å². The van der Waals surface area contributed by atoms with Crippen molar-refractivity contribution >= 4 is 33.4 Å². The Morgan fingerprint density at radius 3 is 2.45 bits per heavy atom. The Morgan fingerprint density at radius 2 is 1.90 bits per heavy atom. The van der Waals surface area contributed by atoms with Crippen LogP contribution in [-0.2, 0) is 26.0 Å². The number of rotatable bonds is 10. The average molecular weight is 466 g/mol. The third-order valence-corrected chi connectivity index (χ3v) is 5.50. The van der Waals surface area contributed by atoms with E-state index in [0.29, 0.717) is 10.7 Å². The van der Waals surface area contributed by atoms with E-state index in [9.17, 15) is 23.3 Å². The Hall–Kier alpha value is -2.89. The Balaban J connectivity index is 2.19. The lowest BCUT2D eigenvalue weighted by atomic mass is 10.0. The Bertz CT molecular complexity index is 1070. The van der Waals surface area contributed by atoms with E-state index >= 15 is 0 Å². The highest BCUT2D eigenvalue weighted by Crippen LogP contribution is 2.25. The van der Waals surface area contributed by atoms with Gasteiger partial charge in [-0.2, -0.15) is 0 Å². The van der Waals surface area contributed by atoms with E-state index in [4.69, 9.17) is 0 Å². The maximum Gasteiger partial charge on any atom is 0.324 e. The summed E-state index contributed by atoms with van der Waals surface area (Å²) in [5.74, 6) is -0.666. The highest BCUT2D eigenvalue weighted by molar-refractivity contribution is 8.02. The van der Waals surface area contributed by atoms with Crippen LogP contribution in [0.4, 0.5) is 5.69 Å². The summed E-state index contributed by atoms with van der Waals surface area (Å²) in [4.78, 5) is 22.1. The molecule has 166 valence electrons. The first-order valence-electron chi connectivity index (χ1n) is 9.02. The number of carbonyl (C=O) groups excluding carboxylic acids is 1. The number of thioether (sulfide) groups is 1. The molecule has 0 aromatic heterocycles. The fourth-order valence-electron chi connectivity index (χ4n) is 2.79. The normalized spacial score (nSPS) is 12.8. The number of sulfonamides is 1. The zero-order chi connectivity index (χ0) is 23.0. The third-order valence-electron chi connectivity index (χ3n) is 4.14. The van der Waals surface area contributed by atoms with Crippen LogP contribution in [0.25, 0.3) is 11.1 Å². The van der Waals surface area contributed by atoms with Gasteiger partial charge < -0.3 is 10.1 Å². The summed E-state index contributed by atoms with van der Waals surface area (Å²) in [7, 11) is -2.38. The largest absolute Gasteiger partial charge is 0.468 e.